The van der Waals surface area contributed by atoms with Gasteiger partial charge in [-0.15, -0.1) is 0 Å². The van der Waals surface area contributed by atoms with Gasteiger partial charge in [-0.3, -0.25) is 4.79 Å². The molecule has 8 heteroatoms. The van der Waals surface area contributed by atoms with E-state index in [0.717, 1.165) is 0 Å². The van der Waals surface area contributed by atoms with Crippen molar-refractivity contribution in [3.05, 3.63) is 35.1 Å². The van der Waals surface area contributed by atoms with Gasteiger partial charge in [0.2, 0.25) is 5.91 Å². The van der Waals surface area contributed by atoms with Crippen LogP contribution >= 0.6 is 0 Å². The summed E-state index contributed by atoms with van der Waals surface area (Å²) >= 11 is 0. The van der Waals surface area contributed by atoms with E-state index in [1.165, 1.54) is 0 Å². The van der Waals surface area contributed by atoms with Crippen LogP contribution in [0.5, 0.6) is 0 Å². The summed E-state index contributed by atoms with van der Waals surface area (Å²) in [5, 5.41) is 10.4. The third-order valence-electron chi connectivity index (χ3n) is 2.03. The van der Waals surface area contributed by atoms with Gasteiger partial charge >= 0.3 is 5.97 Å². The second-order valence-electron chi connectivity index (χ2n) is 3.51. The number of hydrogen-bond donors (Lipinski definition) is 2. The third-order valence-corrected chi connectivity index (χ3v) is 2.03. The first-order valence-corrected chi connectivity index (χ1v) is 5.10. The standard InChI is InChI=1S/C11H10F3NO4/c12-6-1-8(13)7(9(14)2-6)3-15-10(16)4-19-5-11(17)18/h1-2H,3-5H2,(H,15,16)(H,17,18). The first-order valence-electron chi connectivity index (χ1n) is 5.10. The zero-order valence-corrected chi connectivity index (χ0v) is 9.58. The Morgan fingerprint density at radius 3 is 2.26 bits per heavy atom. The Morgan fingerprint density at radius 1 is 1.16 bits per heavy atom. The number of carboxylic acid groups (broad SMARTS) is 1. The van der Waals surface area contributed by atoms with Crippen LogP contribution in [-0.4, -0.2) is 30.2 Å². The number of carbonyl (C=O) groups excluding carboxylic acids is 1. The topological polar surface area (TPSA) is 75.6 Å². The quantitative estimate of drug-likeness (QED) is 0.807. The van der Waals surface area contributed by atoms with Crippen LogP contribution in [0, 0.1) is 17.5 Å². The molecule has 0 spiro atoms. The fourth-order valence-electron chi connectivity index (χ4n) is 1.21. The fourth-order valence-corrected chi connectivity index (χ4v) is 1.21. The number of carbonyl (C=O) groups is 2. The number of aliphatic carboxylic acids is 1. The molecule has 5 nitrogen and oxygen atoms in total. The highest BCUT2D eigenvalue weighted by Gasteiger charge is 2.12. The van der Waals surface area contributed by atoms with Crippen molar-refractivity contribution in [1.29, 1.82) is 0 Å². The lowest BCUT2D eigenvalue weighted by atomic mass is 10.2. The highest BCUT2D eigenvalue weighted by molar-refractivity contribution is 5.77. The number of halogens is 3. The molecule has 1 aromatic carbocycles. The van der Waals surface area contributed by atoms with Crippen LogP contribution in [-0.2, 0) is 20.9 Å². The van der Waals surface area contributed by atoms with Crippen molar-refractivity contribution in [2.24, 2.45) is 0 Å². The molecule has 0 fully saturated rings. The lowest BCUT2D eigenvalue weighted by Crippen LogP contribution is -2.29. The van der Waals surface area contributed by atoms with E-state index in [1.807, 2.05) is 0 Å². The first-order chi connectivity index (χ1) is 8.90. The summed E-state index contributed by atoms with van der Waals surface area (Å²) in [6.07, 6.45) is 0. The van der Waals surface area contributed by atoms with Crippen LogP contribution in [0.2, 0.25) is 0 Å². The van der Waals surface area contributed by atoms with Crippen molar-refractivity contribution in [3.63, 3.8) is 0 Å². The summed E-state index contributed by atoms with van der Waals surface area (Å²) in [7, 11) is 0. The molecule has 0 aromatic heterocycles. The average molecular weight is 277 g/mol. The molecule has 0 aliphatic rings. The number of nitrogens with one attached hydrogen (secondary N) is 1. The molecule has 0 heterocycles. The van der Waals surface area contributed by atoms with Crippen LogP contribution in [0.4, 0.5) is 13.2 Å². The molecule has 2 N–H and O–H groups in total. The number of benzene rings is 1. The predicted octanol–water partition coefficient (Wildman–Crippen LogP) is 0.821. The second-order valence-corrected chi connectivity index (χ2v) is 3.51. The van der Waals surface area contributed by atoms with E-state index in [4.69, 9.17) is 5.11 Å². The smallest absolute Gasteiger partial charge is 0.329 e. The van der Waals surface area contributed by atoms with E-state index < -0.39 is 54.7 Å². The molecule has 0 radical (unpaired) electrons. The van der Waals surface area contributed by atoms with Gasteiger partial charge in [0.25, 0.3) is 0 Å². The molecule has 0 aliphatic carbocycles. The minimum atomic E-state index is -1.25. The summed E-state index contributed by atoms with van der Waals surface area (Å²) in [6.45, 7) is -1.71. The van der Waals surface area contributed by atoms with Crippen LogP contribution in [0.25, 0.3) is 0 Å². The van der Waals surface area contributed by atoms with Gasteiger partial charge in [0, 0.05) is 24.2 Å². The van der Waals surface area contributed by atoms with Crippen molar-refractivity contribution in [1.82, 2.24) is 5.32 Å². The Balaban J connectivity index is 2.48. The van der Waals surface area contributed by atoms with Gasteiger partial charge in [0.1, 0.15) is 30.7 Å². The van der Waals surface area contributed by atoms with Crippen LogP contribution in [0.15, 0.2) is 12.1 Å². The molecule has 0 aliphatic heterocycles. The van der Waals surface area contributed by atoms with E-state index >= 15 is 0 Å². The van der Waals surface area contributed by atoms with Crippen LogP contribution in [0.1, 0.15) is 5.56 Å². The van der Waals surface area contributed by atoms with Gasteiger partial charge in [0.05, 0.1) is 0 Å². The Labute approximate surface area is 106 Å². The summed E-state index contributed by atoms with van der Waals surface area (Å²) in [4.78, 5) is 21.2. The van der Waals surface area contributed by atoms with Crippen LogP contribution in [0.3, 0.4) is 0 Å². The molecule has 0 atom stereocenters. The molecular weight excluding hydrogens is 267 g/mol. The molecule has 19 heavy (non-hydrogen) atoms. The van der Waals surface area contributed by atoms with Crippen molar-refractivity contribution in [2.75, 3.05) is 13.2 Å². The molecule has 1 rings (SSSR count). The van der Waals surface area contributed by atoms with E-state index in [1.54, 1.807) is 0 Å². The van der Waals surface area contributed by atoms with Crippen LogP contribution < -0.4 is 5.32 Å². The number of hydrogen-bond acceptors (Lipinski definition) is 3. The summed E-state index contributed by atoms with van der Waals surface area (Å²) in [6, 6.07) is 0.983. The van der Waals surface area contributed by atoms with Gasteiger partial charge in [-0.05, 0) is 0 Å². The maximum absolute atomic E-state index is 13.2. The normalized spacial score (nSPS) is 10.3. The molecule has 0 saturated heterocycles. The number of carboxylic acids is 1. The zero-order valence-electron chi connectivity index (χ0n) is 9.58. The minimum absolute atomic E-state index is 0.492. The number of amides is 1. The largest absolute Gasteiger partial charge is 0.480 e. The Bertz CT molecular complexity index is 470. The van der Waals surface area contributed by atoms with Gasteiger partial charge in [-0.1, -0.05) is 0 Å². The van der Waals surface area contributed by atoms with Gasteiger partial charge in [-0.2, -0.15) is 0 Å². The molecule has 0 bridgehead atoms. The molecular formula is C11H10F3NO4. The van der Waals surface area contributed by atoms with E-state index in [9.17, 15) is 22.8 Å². The van der Waals surface area contributed by atoms with E-state index in [0.29, 0.717) is 12.1 Å². The number of ether oxygens (including phenoxy) is 1. The molecule has 1 amide bonds. The highest BCUT2D eigenvalue weighted by Crippen LogP contribution is 2.14. The summed E-state index contributed by atoms with van der Waals surface area (Å²) < 4.78 is 43.4. The lowest BCUT2D eigenvalue weighted by molar-refractivity contribution is -0.143. The second kappa shape index (κ2) is 6.74. The van der Waals surface area contributed by atoms with Gasteiger partial charge in [0.15, 0.2) is 0 Å². The zero-order chi connectivity index (χ0) is 14.4. The van der Waals surface area contributed by atoms with Crippen molar-refractivity contribution in [3.8, 4) is 0 Å². The first kappa shape index (κ1) is 15.0. The Kier molecular flexibility index (Phi) is 5.31. The van der Waals surface area contributed by atoms with E-state index in [-0.39, 0.29) is 0 Å². The summed E-state index contributed by atoms with van der Waals surface area (Å²) in [5.41, 5.74) is -0.493. The van der Waals surface area contributed by atoms with Crippen molar-refractivity contribution >= 4 is 11.9 Å². The maximum Gasteiger partial charge on any atom is 0.329 e. The molecule has 104 valence electrons. The summed E-state index contributed by atoms with van der Waals surface area (Å²) in [5.74, 6) is -5.30. The molecule has 0 saturated carbocycles. The maximum atomic E-state index is 13.2. The molecule has 0 unspecified atom stereocenters. The monoisotopic (exact) mass is 277 g/mol. The van der Waals surface area contributed by atoms with Crippen molar-refractivity contribution in [2.45, 2.75) is 6.54 Å². The van der Waals surface area contributed by atoms with Gasteiger partial charge in [-0.25, -0.2) is 18.0 Å². The highest BCUT2D eigenvalue weighted by atomic mass is 19.1. The van der Waals surface area contributed by atoms with Crippen molar-refractivity contribution < 1.29 is 32.6 Å². The SMILES string of the molecule is O=C(O)COCC(=O)NCc1c(F)cc(F)cc1F. The van der Waals surface area contributed by atoms with E-state index in [2.05, 4.69) is 10.1 Å². The fraction of sp³-hybridized carbons (Fsp3) is 0.273. The third kappa shape index (κ3) is 4.96. The lowest BCUT2D eigenvalue weighted by Gasteiger charge is -2.07. The Morgan fingerprint density at radius 2 is 1.74 bits per heavy atom. The Hall–Kier alpha value is -2.09. The minimum Gasteiger partial charge on any atom is -0.480 e. The predicted molar refractivity (Wildman–Crippen MR) is 56.6 cm³/mol. The average Bonchev–Trinajstić information content (AvgIpc) is 2.26. The molecule has 1 aromatic rings. The van der Waals surface area contributed by atoms with Gasteiger partial charge < -0.3 is 15.2 Å². The number of rotatable bonds is 6.